The van der Waals surface area contributed by atoms with Crippen LogP contribution in [0.25, 0.3) is 11.5 Å². The Morgan fingerprint density at radius 3 is 2.55 bits per heavy atom. The van der Waals surface area contributed by atoms with Crippen LogP contribution < -0.4 is 0 Å². The molecule has 3 heterocycles. The summed E-state index contributed by atoms with van der Waals surface area (Å²) in [6, 6.07) is 5.68. The molecule has 1 aromatic carbocycles. The lowest BCUT2D eigenvalue weighted by atomic mass is 9.98. The summed E-state index contributed by atoms with van der Waals surface area (Å²) in [7, 11) is -4.01. The van der Waals surface area contributed by atoms with Crippen molar-refractivity contribution in [3.05, 3.63) is 52.5 Å². The lowest BCUT2D eigenvalue weighted by molar-refractivity contribution is -0.137. The lowest BCUT2D eigenvalue weighted by Gasteiger charge is -2.29. The van der Waals surface area contributed by atoms with Gasteiger partial charge < -0.3 is 4.42 Å². The zero-order chi connectivity index (χ0) is 20.6. The lowest BCUT2D eigenvalue weighted by Crippen LogP contribution is -2.38. The van der Waals surface area contributed by atoms with E-state index in [0.717, 1.165) is 17.7 Å². The third-order valence-electron chi connectivity index (χ3n) is 4.81. The first kappa shape index (κ1) is 20.0. The predicted octanol–water partition coefficient (Wildman–Crippen LogP) is 4.39. The molecular formula is C18H16F3N3O3S2. The van der Waals surface area contributed by atoms with Crippen LogP contribution in [-0.2, 0) is 16.2 Å². The summed E-state index contributed by atoms with van der Waals surface area (Å²) in [6.07, 6.45) is -3.70. The molecule has 1 aliphatic heterocycles. The van der Waals surface area contributed by atoms with E-state index in [1.165, 1.54) is 21.7 Å². The van der Waals surface area contributed by atoms with E-state index in [9.17, 15) is 21.6 Å². The molecule has 0 N–H and O–H groups in total. The Kier molecular flexibility index (Phi) is 5.21. The van der Waals surface area contributed by atoms with Crippen molar-refractivity contribution in [2.24, 2.45) is 0 Å². The van der Waals surface area contributed by atoms with Crippen LogP contribution in [0.3, 0.4) is 0 Å². The molecular weight excluding hydrogens is 427 g/mol. The highest BCUT2D eigenvalue weighted by Crippen LogP contribution is 2.34. The summed E-state index contributed by atoms with van der Waals surface area (Å²) in [4.78, 5) is -0.358. The smallest absolute Gasteiger partial charge is 0.416 e. The Bertz CT molecular complexity index is 1090. The highest BCUT2D eigenvalue weighted by Gasteiger charge is 2.35. The number of halogens is 3. The van der Waals surface area contributed by atoms with Crippen molar-refractivity contribution in [3.8, 4) is 11.5 Å². The number of hydrogen-bond donors (Lipinski definition) is 0. The second kappa shape index (κ2) is 7.54. The van der Waals surface area contributed by atoms with Crippen LogP contribution in [-0.4, -0.2) is 36.0 Å². The van der Waals surface area contributed by atoms with E-state index in [-0.39, 0.29) is 23.9 Å². The summed E-state index contributed by atoms with van der Waals surface area (Å²) in [5.74, 6) is 0.769. The van der Waals surface area contributed by atoms with Crippen LogP contribution >= 0.6 is 11.3 Å². The van der Waals surface area contributed by atoms with Crippen molar-refractivity contribution in [2.45, 2.75) is 29.8 Å². The highest BCUT2D eigenvalue weighted by atomic mass is 32.2. The fraction of sp³-hybridized carbons (Fsp3) is 0.333. The number of benzene rings is 1. The van der Waals surface area contributed by atoms with Crippen LogP contribution in [0.5, 0.6) is 0 Å². The molecule has 29 heavy (non-hydrogen) atoms. The molecule has 0 aliphatic carbocycles. The third-order valence-corrected chi connectivity index (χ3v) is 7.39. The number of aromatic nitrogens is 2. The van der Waals surface area contributed by atoms with Crippen molar-refractivity contribution < 1.29 is 26.0 Å². The molecule has 0 amide bonds. The SMILES string of the molecule is O=S(=O)(c1cccc(C(F)(F)F)c1)N1CCC(c2nnc(-c3ccsc3)o2)CC1. The summed E-state index contributed by atoms with van der Waals surface area (Å²) in [5.41, 5.74) is -0.154. The Balaban J connectivity index is 1.47. The number of nitrogens with zero attached hydrogens (tertiary/aromatic N) is 3. The standard InChI is InChI=1S/C18H16F3N3O3S2/c19-18(20,21)14-2-1-3-15(10-14)29(25,26)24-7-4-12(5-8-24)16-22-23-17(27-16)13-6-9-28-11-13/h1-3,6,9-12H,4-5,7-8H2. The Hall–Kier alpha value is -2.24. The van der Waals surface area contributed by atoms with Gasteiger partial charge in [0.15, 0.2) is 0 Å². The molecule has 2 aromatic heterocycles. The van der Waals surface area contributed by atoms with E-state index in [4.69, 9.17) is 4.42 Å². The topological polar surface area (TPSA) is 76.3 Å². The van der Waals surface area contributed by atoms with Gasteiger partial charge in [-0.1, -0.05) is 6.07 Å². The fourth-order valence-electron chi connectivity index (χ4n) is 3.23. The van der Waals surface area contributed by atoms with Crippen LogP contribution in [0.2, 0.25) is 0 Å². The first-order chi connectivity index (χ1) is 13.7. The number of thiophene rings is 1. The van der Waals surface area contributed by atoms with Gasteiger partial charge in [0.1, 0.15) is 0 Å². The molecule has 0 atom stereocenters. The monoisotopic (exact) mass is 443 g/mol. The van der Waals surface area contributed by atoms with E-state index < -0.39 is 21.8 Å². The van der Waals surface area contributed by atoms with Gasteiger partial charge in [-0.3, -0.25) is 0 Å². The second-order valence-electron chi connectivity index (χ2n) is 6.66. The van der Waals surface area contributed by atoms with Crippen molar-refractivity contribution >= 4 is 21.4 Å². The quantitative estimate of drug-likeness (QED) is 0.598. The zero-order valence-electron chi connectivity index (χ0n) is 15.0. The molecule has 4 rings (SSSR count). The predicted molar refractivity (Wildman–Crippen MR) is 99.8 cm³/mol. The summed E-state index contributed by atoms with van der Waals surface area (Å²) in [5, 5.41) is 11.9. The molecule has 0 bridgehead atoms. The molecule has 0 unspecified atom stereocenters. The van der Waals surface area contributed by atoms with Crippen LogP contribution in [0, 0.1) is 0 Å². The molecule has 0 radical (unpaired) electrons. The maximum absolute atomic E-state index is 12.9. The Morgan fingerprint density at radius 2 is 1.90 bits per heavy atom. The van der Waals surface area contributed by atoms with Crippen LogP contribution in [0.4, 0.5) is 13.2 Å². The molecule has 1 fully saturated rings. The number of rotatable bonds is 4. The first-order valence-corrected chi connectivity index (χ1v) is 11.2. The Morgan fingerprint density at radius 1 is 1.14 bits per heavy atom. The fourth-order valence-corrected chi connectivity index (χ4v) is 5.37. The normalized spacial score (nSPS) is 16.9. The third kappa shape index (κ3) is 4.07. The minimum atomic E-state index is -4.60. The molecule has 3 aromatic rings. The van der Waals surface area contributed by atoms with Gasteiger partial charge in [-0.15, -0.1) is 10.2 Å². The second-order valence-corrected chi connectivity index (χ2v) is 9.38. The molecule has 11 heteroatoms. The largest absolute Gasteiger partial charge is 0.420 e. The summed E-state index contributed by atoms with van der Waals surface area (Å²) in [6.45, 7) is 0.332. The molecule has 154 valence electrons. The molecule has 1 saturated heterocycles. The van der Waals surface area contributed by atoms with E-state index in [2.05, 4.69) is 10.2 Å². The van der Waals surface area contributed by atoms with E-state index in [1.807, 2.05) is 16.8 Å². The van der Waals surface area contributed by atoms with Gasteiger partial charge >= 0.3 is 6.18 Å². The van der Waals surface area contributed by atoms with Crippen molar-refractivity contribution in [1.29, 1.82) is 0 Å². The maximum atomic E-state index is 12.9. The molecule has 0 saturated carbocycles. The summed E-state index contributed by atoms with van der Waals surface area (Å²) < 4.78 is 71.2. The van der Waals surface area contributed by atoms with Gasteiger partial charge in [-0.25, -0.2) is 8.42 Å². The average molecular weight is 443 g/mol. The number of alkyl halides is 3. The average Bonchev–Trinajstić information content (AvgIpc) is 3.39. The number of hydrogen-bond acceptors (Lipinski definition) is 6. The first-order valence-electron chi connectivity index (χ1n) is 8.78. The van der Waals surface area contributed by atoms with Gasteiger partial charge in [0.25, 0.3) is 0 Å². The molecule has 6 nitrogen and oxygen atoms in total. The van der Waals surface area contributed by atoms with Gasteiger partial charge in [0.2, 0.25) is 21.8 Å². The molecule has 1 aliphatic rings. The van der Waals surface area contributed by atoms with Gasteiger partial charge in [0, 0.05) is 30.0 Å². The number of piperidine rings is 1. The molecule has 0 spiro atoms. The van der Waals surface area contributed by atoms with Gasteiger partial charge in [-0.05, 0) is 42.5 Å². The van der Waals surface area contributed by atoms with Crippen molar-refractivity contribution in [2.75, 3.05) is 13.1 Å². The minimum absolute atomic E-state index is 0.0946. The summed E-state index contributed by atoms with van der Waals surface area (Å²) >= 11 is 1.51. The van der Waals surface area contributed by atoms with Crippen molar-refractivity contribution in [3.63, 3.8) is 0 Å². The Labute approximate surface area is 169 Å². The van der Waals surface area contributed by atoms with Crippen LogP contribution in [0.1, 0.15) is 30.2 Å². The minimum Gasteiger partial charge on any atom is -0.420 e. The maximum Gasteiger partial charge on any atom is 0.416 e. The van der Waals surface area contributed by atoms with Gasteiger partial charge in [-0.2, -0.15) is 28.8 Å². The highest BCUT2D eigenvalue weighted by molar-refractivity contribution is 7.89. The van der Waals surface area contributed by atoms with Crippen LogP contribution in [0.15, 0.2) is 50.4 Å². The van der Waals surface area contributed by atoms with E-state index >= 15 is 0 Å². The van der Waals surface area contributed by atoms with Crippen molar-refractivity contribution in [1.82, 2.24) is 14.5 Å². The van der Waals surface area contributed by atoms with Gasteiger partial charge in [0.05, 0.1) is 10.5 Å². The zero-order valence-corrected chi connectivity index (χ0v) is 16.6. The van der Waals surface area contributed by atoms with E-state index in [1.54, 1.807) is 0 Å². The van der Waals surface area contributed by atoms with E-state index in [0.29, 0.717) is 30.7 Å². The number of sulfonamides is 1.